The monoisotopic (exact) mass is 896 g/mol. The van der Waals surface area contributed by atoms with E-state index in [9.17, 15) is 19.8 Å². The highest BCUT2D eigenvalue weighted by atomic mass is 16.8. The average molecular weight is 897 g/mol. The molecule has 1 amide bonds. The number of aldehydes is 1. The number of aliphatic hydroxyl groups is 2. The van der Waals surface area contributed by atoms with Gasteiger partial charge in [-0.25, -0.2) is 4.79 Å². The first-order valence-electron chi connectivity index (χ1n) is 23.0. The summed E-state index contributed by atoms with van der Waals surface area (Å²) in [5.74, 6) is -0.228. The predicted molar refractivity (Wildman–Crippen MR) is 243 cm³/mol. The third-order valence-electron chi connectivity index (χ3n) is 12.9. The lowest BCUT2D eigenvalue weighted by molar-refractivity contribution is -0.254. The number of amides is 1. The van der Waals surface area contributed by atoms with Crippen LogP contribution >= 0.6 is 0 Å². The number of allylic oxidation sites excluding steroid dienone is 1. The number of hydrogen-bond acceptors (Lipinski definition) is 13. The van der Waals surface area contributed by atoms with Gasteiger partial charge in [0.15, 0.2) is 6.29 Å². The molecule has 0 radical (unpaired) electrons. The van der Waals surface area contributed by atoms with Crippen LogP contribution in [-0.4, -0.2) is 105 Å². The van der Waals surface area contributed by atoms with Crippen LogP contribution in [0.15, 0.2) is 96.2 Å². The van der Waals surface area contributed by atoms with Crippen molar-refractivity contribution in [2.75, 3.05) is 53.8 Å². The average Bonchev–Trinajstić information content (AvgIpc) is 3.34. The Kier molecular flexibility index (Phi) is 17.1. The van der Waals surface area contributed by atoms with Crippen molar-refractivity contribution in [2.45, 2.75) is 94.9 Å². The number of methoxy groups -OCH3 is 1. The van der Waals surface area contributed by atoms with Crippen LogP contribution in [0.1, 0.15) is 91.6 Å². The number of rotatable bonds is 23. The summed E-state index contributed by atoms with van der Waals surface area (Å²) in [5, 5.41) is 24.8. The van der Waals surface area contributed by atoms with Crippen molar-refractivity contribution in [3.63, 3.8) is 0 Å². The van der Waals surface area contributed by atoms with Crippen molar-refractivity contribution in [1.29, 1.82) is 0 Å². The van der Waals surface area contributed by atoms with Gasteiger partial charge in [-0.3, -0.25) is 4.79 Å². The Morgan fingerprint density at radius 1 is 0.985 bits per heavy atom. The van der Waals surface area contributed by atoms with E-state index in [1.165, 1.54) is 7.11 Å². The van der Waals surface area contributed by atoms with Crippen molar-refractivity contribution in [3.8, 4) is 23.0 Å². The summed E-state index contributed by atoms with van der Waals surface area (Å²) in [5.41, 5.74) is 3.82. The minimum Gasteiger partial charge on any atom is -0.496 e. The Hall–Kier alpha value is -5.25. The van der Waals surface area contributed by atoms with E-state index >= 15 is 0 Å². The topological polar surface area (TPSA) is 164 Å². The number of likely N-dealkylation sites (N-methyl/N-ethyl adjacent to an activating group) is 1. The molecule has 2 aliphatic heterocycles. The van der Waals surface area contributed by atoms with E-state index in [2.05, 4.69) is 12.7 Å². The second-order valence-corrected chi connectivity index (χ2v) is 17.1. The van der Waals surface area contributed by atoms with E-state index in [-0.39, 0.29) is 57.2 Å². The summed E-state index contributed by atoms with van der Waals surface area (Å²) in [7, 11) is 3.21. The Labute approximate surface area is 382 Å². The summed E-state index contributed by atoms with van der Waals surface area (Å²) in [6.45, 7) is 5.47. The minimum atomic E-state index is -1.46. The lowest BCUT2D eigenvalue weighted by Crippen LogP contribution is -2.69. The van der Waals surface area contributed by atoms with Crippen molar-refractivity contribution in [2.24, 2.45) is 22.9 Å². The molecule has 3 aromatic rings. The largest absolute Gasteiger partial charge is 0.496 e. The maximum atomic E-state index is 14.2. The third kappa shape index (κ3) is 11.2. The predicted octanol–water partition coefficient (Wildman–Crippen LogP) is 8.75. The van der Waals surface area contributed by atoms with Crippen molar-refractivity contribution in [3.05, 3.63) is 108 Å². The number of nitrogens with zero attached hydrogens (tertiary/aromatic N) is 2. The van der Waals surface area contributed by atoms with E-state index in [0.717, 1.165) is 61.5 Å². The number of carbonyl (C=O) groups is 2. The number of ether oxygens (including phenoxy) is 7. The van der Waals surface area contributed by atoms with Crippen molar-refractivity contribution >= 4 is 18.1 Å². The Bertz CT molecular complexity index is 2110. The second kappa shape index (κ2) is 23.3. The van der Waals surface area contributed by atoms with E-state index in [0.29, 0.717) is 66.7 Å². The molecular formula is C51H64N2O12. The molecule has 0 aromatic heterocycles. The molecule has 0 bridgehead atoms. The van der Waals surface area contributed by atoms with Crippen molar-refractivity contribution < 1.29 is 57.8 Å². The zero-order valence-electron chi connectivity index (χ0n) is 37.6. The fourth-order valence-electron chi connectivity index (χ4n) is 9.89. The normalized spacial score (nSPS) is 25.0. The summed E-state index contributed by atoms with van der Waals surface area (Å²) >= 11 is 0. The highest BCUT2D eigenvalue weighted by Crippen LogP contribution is 2.62. The molecule has 3 aromatic carbocycles. The van der Waals surface area contributed by atoms with E-state index in [4.69, 9.17) is 43.2 Å². The Morgan fingerprint density at radius 2 is 1.77 bits per heavy atom. The molecule has 2 N–H and O–H groups in total. The summed E-state index contributed by atoms with van der Waals surface area (Å²) in [4.78, 5) is 33.9. The summed E-state index contributed by atoms with van der Waals surface area (Å²) in [6.07, 6.45) is 10.8. The van der Waals surface area contributed by atoms with Crippen LogP contribution in [0.3, 0.4) is 0 Å². The van der Waals surface area contributed by atoms with Crippen LogP contribution in [0.2, 0.25) is 0 Å². The first-order chi connectivity index (χ1) is 31.8. The van der Waals surface area contributed by atoms with Crippen molar-refractivity contribution in [1.82, 2.24) is 4.90 Å². The Morgan fingerprint density at radius 3 is 2.51 bits per heavy atom. The van der Waals surface area contributed by atoms with Gasteiger partial charge in [0.2, 0.25) is 12.1 Å². The van der Waals surface area contributed by atoms with Gasteiger partial charge in [-0.15, -0.1) is 6.58 Å². The molecule has 1 unspecified atom stereocenters. The van der Waals surface area contributed by atoms with Gasteiger partial charge in [0.25, 0.3) is 0 Å². The van der Waals surface area contributed by atoms with E-state index in [1.807, 2.05) is 48.5 Å². The molecule has 350 valence electrons. The summed E-state index contributed by atoms with van der Waals surface area (Å²) in [6, 6.07) is 19.8. The molecule has 7 rings (SSSR count). The SMILES string of the molecule is C=CCO[C@@]12Oc3ccc(Oc4ccc(OC)c(C=O)c4)cc3[C@H]3[C@H](CCCCO)[C@@H](CCCCO)C=C(C(=NOC4CCCCO4)C[C@@H]1N(C)C(=O)OCCOCc1ccccc1)[C@H]32. The fourth-order valence-corrected chi connectivity index (χ4v) is 9.89. The van der Waals surface area contributed by atoms with Crippen LogP contribution < -0.4 is 14.2 Å². The van der Waals surface area contributed by atoms with Gasteiger partial charge in [-0.2, -0.15) is 0 Å². The van der Waals surface area contributed by atoms with Gasteiger partial charge < -0.3 is 53.1 Å². The van der Waals surface area contributed by atoms with Gasteiger partial charge in [-0.1, -0.05) is 60.5 Å². The number of fused-ring (bicyclic) bond motifs is 2. The minimum absolute atomic E-state index is 0.00266. The van der Waals surface area contributed by atoms with E-state index in [1.54, 1.807) is 36.2 Å². The second-order valence-electron chi connectivity index (χ2n) is 17.1. The molecule has 14 nitrogen and oxygen atoms in total. The molecule has 0 spiro atoms. The first-order valence-corrected chi connectivity index (χ1v) is 23.0. The standard InChI is InChI=1S/C51H64N2O12/c1-4-25-62-51-46(53(2)50(57)61-28-27-59-34-35-14-6-5-7-15-35)32-43(52-65-47-18-10-13-26-60-47)41-30-36(16-8-11-23-54)40(17-9-12-24-55)48(49(41)51)42-31-39(20-22-45(42)64-51)63-38-19-21-44(58-3)37(29-38)33-56/h4-7,14-15,19-22,29-31,33,36,40,46-49,54-55H,1,8-13,16-18,23-28,32,34H2,2-3H3/t36-,40+,46-,47?,48+,49+,51+/m0/s1. The molecule has 2 aliphatic carbocycles. The van der Waals surface area contributed by atoms with Crippen LogP contribution in [0.4, 0.5) is 4.79 Å². The lowest BCUT2D eigenvalue weighted by Gasteiger charge is -2.59. The van der Waals surface area contributed by atoms with Crippen LogP contribution in [0.25, 0.3) is 0 Å². The molecule has 2 fully saturated rings. The zero-order valence-corrected chi connectivity index (χ0v) is 37.6. The molecule has 1 saturated heterocycles. The van der Waals surface area contributed by atoms with Crippen LogP contribution in [0, 0.1) is 17.8 Å². The molecular weight excluding hydrogens is 833 g/mol. The molecule has 2 heterocycles. The quantitative estimate of drug-likeness (QED) is 0.0403. The number of benzene rings is 3. The zero-order chi connectivity index (χ0) is 45.6. The van der Waals surface area contributed by atoms with E-state index < -0.39 is 30.1 Å². The molecule has 7 atom stereocenters. The number of unbranched alkanes of at least 4 members (excludes halogenated alkanes) is 2. The van der Waals surface area contributed by atoms with Gasteiger partial charge in [0.1, 0.15) is 35.6 Å². The maximum Gasteiger partial charge on any atom is 0.410 e. The van der Waals surface area contributed by atoms with Crippen LogP contribution in [0.5, 0.6) is 23.0 Å². The number of oxime groups is 1. The number of carbonyl (C=O) groups excluding carboxylic acids is 2. The first kappa shape index (κ1) is 47.7. The molecule has 14 heteroatoms. The van der Waals surface area contributed by atoms with Gasteiger partial charge in [-0.05, 0) is 97.9 Å². The fraction of sp³-hybridized carbons (Fsp3) is 0.510. The number of aliphatic hydroxyl groups excluding tert-OH is 2. The maximum absolute atomic E-state index is 14.2. The molecule has 4 aliphatic rings. The molecule has 65 heavy (non-hydrogen) atoms. The lowest BCUT2D eigenvalue weighted by atomic mass is 9.55. The third-order valence-corrected chi connectivity index (χ3v) is 12.9. The Balaban J connectivity index is 1.32. The molecule has 1 saturated carbocycles. The highest BCUT2D eigenvalue weighted by Gasteiger charge is 2.65. The highest BCUT2D eigenvalue weighted by molar-refractivity contribution is 6.03. The smallest absolute Gasteiger partial charge is 0.410 e. The number of hydrogen-bond donors (Lipinski definition) is 2. The van der Waals surface area contributed by atoms with Gasteiger partial charge >= 0.3 is 6.09 Å². The van der Waals surface area contributed by atoms with Crippen LogP contribution in [-0.2, 0) is 30.4 Å². The summed E-state index contributed by atoms with van der Waals surface area (Å²) < 4.78 is 43.8. The van der Waals surface area contributed by atoms with Gasteiger partial charge in [0, 0.05) is 44.6 Å². The van der Waals surface area contributed by atoms with Gasteiger partial charge in [0.05, 0.1) is 50.7 Å².